The highest BCUT2D eigenvalue weighted by molar-refractivity contribution is 7.98. The van der Waals surface area contributed by atoms with E-state index >= 15 is 0 Å². The standard InChI is InChI=1S/C16H15FN2OS2/c17-15-6-2-1-4-12(15)11-22-16-18-8-13(10-20)19(16)9-14-5-3-7-21-14/h1-8,20H,9-11H2. The molecular formula is C16H15FN2OS2. The van der Waals surface area contributed by atoms with Crippen molar-refractivity contribution in [3.05, 3.63) is 69.9 Å². The second-order valence-electron chi connectivity index (χ2n) is 4.74. The van der Waals surface area contributed by atoms with Crippen LogP contribution in [0.5, 0.6) is 0 Å². The van der Waals surface area contributed by atoms with Gasteiger partial charge in [0, 0.05) is 10.6 Å². The zero-order chi connectivity index (χ0) is 15.4. The van der Waals surface area contributed by atoms with Crippen LogP contribution >= 0.6 is 23.1 Å². The Morgan fingerprint density at radius 2 is 2.09 bits per heavy atom. The zero-order valence-corrected chi connectivity index (χ0v) is 13.4. The van der Waals surface area contributed by atoms with Crippen molar-refractivity contribution in [2.45, 2.75) is 24.1 Å². The van der Waals surface area contributed by atoms with Gasteiger partial charge in [-0.1, -0.05) is 36.0 Å². The first-order chi connectivity index (χ1) is 10.8. The summed E-state index contributed by atoms with van der Waals surface area (Å²) >= 11 is 3.14. The second kappa shape index (κ2) is 7.09. The lowest BCUT2D eigenvalue weighted by Gasteiger charge is -2.09. The van der Waals surface area contributed by atoms with Gasteiger partial charge in [-0.3, -0.25) is 0 Å². The highest BCUT2D eigenvalue weighted by Gasteiger charge is 2.12. The van der Waals surface area contributed by atoms with Crippen LogP contribution in [0.25, 0.3) is 0 Å². The third kappa shape index (κ3) is 3.40. The molecule has 0 saturated heterocycles. The van der Waals surface area contributed by atoms with Gasteiger partial charge in [0.2, 0.25) is 0 Å². The van der Waals surface area contributed by atoms with Crippen molar-refractivity contribution in [1.29, 1.82) is 0 Å². The fraction of sp³-hybridized carbons (Fsp3) is 0.188. The summed E-state index contributed by atoms with van der Waals surface area (Å²) in [6.07, 6.45) is 1.68. The predicted octanol–water partition coefficient (Wildman–Crippen LogP) is 3.92. The number of benzene rings is 1. The quantitative estimate of drug-likeness (QED) is 0.695. The third-order valence-electron chi connectivity index (χ3n) is 3.27. The van der Waals surface area contributed by atoms with Gasteiger partial charge in [0.1, 0.15) is 5.82 Å². The van der Waals surface area contributed by atoms with E-state index in [9.17, 15) is 9.50 Å². The molecule has 3 aromatic rings. The van der Waals surface area contributed by atoms with Crippen LogP contribution in [0.15, 0.2) is 53.1 Å². The number of imidazole rings is 1. The first kappa shape index (κ1) is 15.3. The molecule has 114 valence electrons. The molecule has 3 nitrogen and oxygen atoms in total. The van der Waals surface area contributed by atoms with Crippen molar-refractivity contribution in [2.24, 2.45) is 0 Å². The molecule has 0 aliphatic heterocycles. The van der Waals surface area contributed by atoms with E-state index in [2.05, 4.69) is 11.1 Å². The Labute approximate surface area is 136 Å². The van der Waals surface area contributed by atoms with Crippen LogP contribution in [-0.4, -0.2) is 14.7 Å². The van der Waals surface area contributed by atoms with Gasteiger partial charge in [-0.15, -0.1) is 11.3 Å². The number of aromatic nitrogens is 2. The van der Waals surface area contributed by atoms with E-state index < -0.39 is 0 Å². The first-order valence-electron chi connectivity index (χ1n) is 6.82. The number of aliphatic hydroxyl groups is 1. The van der Waals surface area contributed by atoms with Crippen molar-refractivity contribution in [2.75, 3.05) is 0 Å². The Hall–Kier alpha value is -1.63. The Morgan fingerprint density at radius 1 is 1.23 bits per heavy atom. The minimum Gasteiger partial charge on any atom is -0.390 e. The maximum absolute atomic E-state index is 13.7. The largest absolute Gasteiger partial charge is 0.390 e. The summed E-state index contributed by atoms with van der Waals surface area (Å²) in [6.45, 7) is 0.617. The highest BCUT2D eigenvalue weighted by Crippen LogP contribution is 2.25. The van der Waals surface area contributed by atoms with E-state index in [0.29, 0.717) is 17.9 Å². The lowest BCUT2D eigenvalue weighted by atomic mass is 10.2. The van der Waals surface area contributed by atoms with E-state index in [1.807, 2.05) is 22.1 Å². The van der Waals surface area contributed by atoms with E-state index in [0.717, 1.165) is 10.9 Å². The number of nitrogens with zero attached hydrogens (tertiary/aromatic N) is 2. The van der Waals surface area contributed by atoms with Gasteiger partial charge in [0.05, 0.1) is 25.0 Å². The lowest BCUT2D eigenvalue weighted by Crippen LogP contribution is -2.05. The van der Waals surface area contributed by atoms with Crippen LogP contribution in [0.3, 0.4) is 0 Å². The van der Waals surface area contributed by atoms with Gasteiger partial charge >= 0.3 is 0 Å². The van der Waals surface area contributed by atoms with Crippen molar-refractivity contribution in [1.82, 2.24) is 9.55 Å². The van der Waals surface area contributed by atoms with Gasteiger partial charge in [0.25, 0.3) is 0 Å². The number of hydrogen-bond donors (Lipinski definition) is 1. The second-order valence-corrected chi connectivity index (χ2v) is 6.71. The van der Waals surface area contributed by atoms with Crippen LogP contribution in [0.4, 0.5) is 4.39 Å². The van der Waals surface area contributed by atoms with Crippen molar-refractivity contribution >= 4 is 23.1 Å². The smallest absolute Gasteiger partial charge is 0.168 e. The van der Waals surface area contributed by atoms with E-state index in [1.54, 1.807) is 29.7 Å². The third-order valence-corrected chi connectivity index (χ3v) is 5.17. The molecule has 2 heterocycles. The maximum atomic E-state index is 13.7. The van der Waals surface area contributed by atoms with Gasteiger partial charge in [-0.25, -0.2) is 9.37 Å². The van der Waals surface area contributed by atoms with Crippen molar-refractivity contribution < 1.29 is 9.50 Å². The van der Waals surface area contributed by atoms with E-state index in [4.69, 9.17) is 0 Å². The molecule has 0 saturated carbocycles. The molecule has 1 aromatic carbocycles. The normalized spacial score (nSPS) is 11.0. The Morgan fingerprint density at radius 3 is 2.82 bits per heavy atom. The number of thioether (sulfide) groups is 1. The summed E-state index contributed by atoms with van der Waals surface area (Å²) < 4.78 is 15.7. The Balaban J connectivity index is 1.79. The average Bonchev–Trinajstić information content (AvgIpc) is 3.17. The van der Waals surface area contributed by atoms with Crippen molar-refractivity contribution in [3.8, 4) is 0 Å². The number of rotatable bonds is 6. The summed E-state index contributed by atoms with van der Waals surface area (Å²) in [5, 5.41) is 12.3. The summed E-state index contributed by atoms with van der Waals surface area (Å²) in [4.78, 5) is 5.56. The maximum Gasteiger partial charge on any atom is 0.168 e. The molecule has 0 bridgehead atoms. The van der Waals surface area contributed by atoms with Gasteiger partial charge in [-0.05, 0) is 23.1 Å². The Kier molecular flexibility index (Phi) is 4.92. The molecule has 0 radical (unpaired) electrons. The molecule has 3 rings (SSSR count). The molecule has 1 N–H and O–H groups in total. The van der Waals surface area contributed by atoms with Crippen LogP contribution in [0.2, 0.25) is 0 Å². The van der Waals surface area contributed by atoms with Crippen LogP contribution in [0.1, 0.15) is 16.1 Å². The number of aliphatic hydroxyl groups excluding tert-OH is 1. The number of hydrogen-bond acceptors (Lipinski definition) is 4. The zero-order valence-electron chi connectivity index (χ0n) is 11.8. The molecule has 6 heteroatoms. The van der Waals surface area contributed by atoms with Crippen LogP contribution < -0.4 is 0 Å². The number of halogens is 1. The fourth-order valence-electron chi connectivity index (χ4n) is 2.12. The SMILES string of the molecule is OCc1cnc(SCc2ccccc2F)n1Cc1cccs1. The molecule has 0 spiro atoms. The van der Waals surface area contributed by atoms with Gasteiger partial charge in [-0.2, -0.15) is 0 Å². The summed E-state index contributed by atoms with van der Waals surface area (Å²) in [6, 6.07) is 10.8. The van der Waals surface area contributed by atoms with E-state index in [-0.39, 0.29) is 12.4 Å². The molecular weight excluding hydrogens is 319 g/mol. The minimum absolute atomic E-state index is 0.0569. The monoisotopic (exact) mass is 334 g/mol. The molecule has 22 heavy (non-hydrogen) atoms. The summed E-state index contributed by atoms with van der Waals surface area (Å²) in [7, 11) is 0. The minimum atomic E-state index is -0.200. The first-order valence-corrected chi connectivity index (χ1v) is 8.68. The van der Waals surface area contributed by atoms with E-state index in [1.165, 1.54) is 22.7 Å². The molecule has 0 atom stereocenters. The molecule has 0 amide bonds. The average molecular weight is 334 g/mol. The predicted molar refractivity (Wildman–Crippen MR) is 87.5 cm³/mol. The summed E-state index contributed by atoms with van der Waals surface area (Å²) in [5.41, 5.74) is 1.42. The molecule has 0 unspecified atom stereocenters. The molecule has 2 aromatic heterocycles. The van der Waals surface area contributed by atoms with Crippen LogP contribution in [0, 0.1) is 5.82 Å². The molecule has 0 aliphatic carbocycles. The van der Waals surface area contributed by atoms with Crippen LogP contribution in [-0.2, 0) is 18.9 Å². The molecule has 0 fully saturated rings. The van der Waals surface area contributed by atoms with Gasteiger partial charge < -0.3 is 9.67 Å². The highest BCUT2D eigenvalue weighted by atomic mass is 32.2. The fourth-order valence-corrected chi connectivity index (χ4v) is 3.79. The van der Waals surface area contributed by atoms with Gasteiger partial charge in [0.15, 0.2) is 5.16 Å². The lowest BCUT2D eigenvalue weighted by molar-refractivity contribution is 0.270. The topological polar surface area (TPSA) is 38.1 Å². The summed E-state index contributed by atoms with van der Waals surface area (Å²) in [5.74, 6) is 0.313. The number of thiophene rings is 1. The van der Waals surface area contributed by atoms with Crippen molar-refractivity contribution in [3.63, 3.8) is 0 Å². The molecule has 0 aliphatic rings. The Bertz CT molecular complexity index is 740.